The molecule has 6 nitrogen and oxygen atoms in total. The van der Waals surface area contributed by atoms with Crippen molar-refractivity contribution in [1.29, 1.82) is 0 Å². The Morgan fingerprint density at radius 1 is 1.31 bits per heavy atom. The molecule has 0 aliphatic rings. The van der Waals surface area contributed by atoms with E-state index >= 15 is 0 Å². The molecule has 0 unspecified atom stereocenters. The highest BCUT2D eigenvalue weighted by molar-refractivity contribution is 7.17. The number of thiophene rings is 2. The number of rotatable bonds is 6. The van der Waals surface area contributed by atoms with E-state index in [2.05, 4.69) is 10.4 Å². The molecule has 0 aliphatic heterocycles. The molecule has 0 fully saturated rings. The van der Waals surface area contributed by atoms with Crippen LogP contribution in [0.3, 0.4) is 0 Å². The second-order valence-electron chi connectivity index (χ2n) is 5.49. The van der Waals surface area contributed by atoms with E-state index in [1.807, 2.05) is 36.7 Å². The lowest BCUT2D eigenvalue weighted by Crippen LogP contribution is -2.18. The summed E-state index contributed by atoms with van der Waals surface area (Å²) in [5, 5.41) is 11.5. The average molecular weight is 390 g/mol. The maximum atomic E-state index is 12.7. The number of esters is 1. The van der Waals surface area contributed by atoms with Crippen LogP contribution in [0.5, 0.6) is 0 Å². The first-order chi connectivity index (χ1) is 12.5. The Morgan fingerprint density at radius 3 is 2.77 bits per heavy atom. The summed E-state index contributed by atoms with van der Waals surface area (Å²) in [4.78, 5) is 26.2. The number of ether oxygens (including phenoxy) is 1. The third-order valence-corrected chi connectivity index (χ3v) is 5.52. The molecule has 3 heterocycles. The highest BCUT2D eigenvalue weighted by atomic mass is 32.1. The molecule has 3 aromatic heterocycles. The Morgan fingerprint density at radius 2 is 2.12 bits per heavy atom. The second-order valence-corrected chi connectivity index (χ2v) is 7.32. The Hall–Kier alpha value is -2.45. The topological polar surface area (TPSA) is 73.2 Å². The van der Waals surface area contributed by atoms with Gasteiger partial charge in [0.05, 0.1) is 12.3 Å². The molecule has 0 radical (unpaired) electrons. The van der Waals surface area contributed by atoms with Crippen LogP contribution in [0.25, 0.3) is 10.4 Å². The van der Waals surface area contributed by atoms with Crippen molar-refractivity contribution < 1.29 is 14.3 Å². The van der Waals surface area contributed by atoms with Crippen LogP contribution in [-0.4, -0.2) is 28.3 Å². The molecule has 8 heteroatoms. The minimum Gasteiger partial charge on any atom is -0.462 e. The van der Waals surface area contributed by atoms with Crippen LogP contribution in [0.4, 0.5) is 5.00 Å². The Kier molecular flexibility index (Phi) is 5.53. The van der Waals surface area contributed by atoms with Gasteiger partial charge in [-0.3, -0.25) is 9.48 Å². The maximum Gasteiger partial charge on any atom is 0.341 e. The molecule has 0 aliphatic carbocycles. The lowest BCUT2D eigenvalue weighted by atomic mass is 10.1. The van der Waals surface area contributed by atoms with Gasteiger partial charge in [0.1, 0.15) is 16.3 Å². The van der Waals surface area contributed by atoms with E-state index in [-0.39, 0.29) is 12.5 Å². The van der Waals surface area contributed by atoms with Crippen LogP contribution in [0.15, 0.2) is 29.0 Å². The van der Waals surface area contributed by atoms with Gasteiger partial charge in [0.25, 0.3) is 5.91 Å². The van der Waals surface area contributed by atoms with E-state index in [0.29, 0.717) is 22.8 Å². The number of hydrogen-bond acceptors (Lipinski definition) is 6. The van der Waals surface area contributed by atoms with Gasteiger partial charge in [-0.2, -0.15) is 5.10 Å². The number of aromatic nitrogens is 2. The number of aryl methyl sites for hydroxylation is 2. The van der Waals surface area contributed by atoms with Gasteiger partial charge in [0.2, 0.25) is 0 Å². The SMILES string of the molecule is CCOC(=O)c1c(-c2cccs2)csc1NC(=O)c1cc(C)nn1CC. The van der Waals surface area contributed by atoms with Crippen LogP contribution in [0.1, 0.15) is 40.4 Å². The minimum atomic E-state index is -0.437. The lowest BCUT2D eigenvalue weighted by Gasteiger charge is -2.08. The smallest absolute Gasteiger partial charge is 0.341 e. The van der Waals surface area contributed by atoms with Gasteiger partial charge < -0.3 is 10.1 Å². The summed E-state index contributed by atoms with van der Waals surface area (Å²) >= 11 is 2.85. The molecule has 0 bridgehead atoms. The lowest BCUT2D eigenvalue weighted by molar-refractivity contribution is 0.0529. The maximum absolute atomic E-state index is 12.7. The van der Waals surface area contributed by atoms with Gasteiger partial charge >= 0.3 is 5.97 Å². The first kappa shape index (κ1) is 18.3. The Balaban J connectivity index is 1.97. The van der Waals surface area contributed by atoms with Crippen LogP contribution in [0.2, 0.25) is 0 Å². The van der Waals surface area contributed by atoms with Crippen molar-refractivity contribution in [2.45, 2.75) is 27.3 Å². The zero-order valence-electron chi connectivity index (χ0n) is 14.7. The summed E-state index contributed by atoms with van der Waals surface area (Å²) in [7, 11) is 0. The monoisotopic (exact) mass is 389 g/mol. The molecule has 0 atom stereocenters. The third-order valence-electron chi connectivity index (χ3n) is 3.72. The van der Waals surface area contributed by atoms with Crippen LogP contribution in [0, 0.1) is 6.92 Å². The van der Waals surface area contributed by atoms with Crippen molar-refractivity contribution >= 4 is 39.6 Å². The molecule has 3 aromatic rings. The average Bonchev–Trinajstić information content (AvgIpc) is 3.33. The van der Waals surface area contributed by atoms with E-state index in [0.717, 1.165) is 16.1 Å². The van der Waals surface area contributed by atoms with Gasteiger partial charge in [-0.05, 0) is 38.3 Å². The number of nitrogens with zero attached hydrogens (tertiary/aromatic N) is 2. The first-order valence-electron chi connectivity index (χ1n) is 8.23. The fourth-order valence-corrected chi connectivity index (χ4v) is 4.37. The summed E-state index contributed by atoms with van der Waals surface area (Å²) < 4.78 is 6.85. The number of hydrogen-bond donors (Lipinski definition) is 1. The van der Waals surface area contributed by atoms with E-state index in [1.165, 1.54) is 22.7 Å². The van der Waals surface area contributed by atoms with Gasteiger partial charge in [-0.25, -0.2) is 4.79 Å². The van der Waals surface area contributed by atoms with Crippen molar-refractivity contribution in [1.82, 2.24) is 9.78 Å². The molecule has 136 valence electrons. The number of nitrogens with one attached hydrogen (secondary N) is 1. The van der Waals surface area contributed by atoms with Gasteiger partial charge in [-0.15, -0.1) is 22.7 Å². The standard InChI is InChI=1S/C18H19N3O3S2/c1-4-21-13(9-11(3)20-21)16(22)19-17-15(18(23)24-5-2)12(10-26-17)14-7-6-8-25-14/h6-10H,4-5H2,1-3H3,(H,19,22). The van der Waals surface area contributed by atoms with Crippen molar-refractivity contribution in [3.63, 3.8) is 0 Å². The predicted molar refractivity (Wildman–Crippen MR) is 104 cm³/mol. The van der Waals surface area contributed by atoms with Gasteiger partial charge in [-0.1, -0.05) is 6.07 Å². The first-order valence-corrected chi connectivity index (χ1v) is 9.99. The molecule has 26 heavy (non-hydrogen) atoms. The molecule has 0 aromatic carbocycles. The Bertz CT molecular complexity index is 926. The molecular formula is C18H19N3O3S2. The minimum absolute atomic E-state index is 0.272. The highest BCUT2D eigenvalue weighted by Crippen LogP contribution is 2.38. The van der Waals surface area contributed by atoms with Gasteiger partial charge in [0, 0.05) is 22.4 Å². The zero-order chi connectivity index (χ0) is 18.7. The fraction of sp³-hybridized carbons (Fsp3) is 0.278. The van der Waals surface area contributed by atoms with E-state index in [4.69, 9.17) is 4.74 Å². The summed E-state index contributed by atoms with van der Waals surface area (Å²) in [5.41, 5.74) is 2.41. The van der Waals surface area contributed by atoms with E-state index < -0.39 is 5.97 Å². The highest BCUT2D eigenvalue weighted by Gasteiger charge is 2.24. The molecular weight excluding hydrogens is 370 g/mol. The number of anilines is 1. The van der Waals surface area contributed by atoms with Crippen LogP contribution in [-0.2, 0) is 11.3 Å². The van der Waals surface area contributed by atoms with Gasteiger partial charge in [0.15, 0.2) is 0 Å². The molecule has 0 spiro atoms. The number of carbonyl (C=O) groups excluding carboxylic acids is 2. The summed E-state index contributed by atoms with van der Waals surface area (Å²) in [6, 6.07) is 5.60. The van der Waals surface area contributed by atoms with Crippen molar-refractivity contribution in [2.75, 3.05) is 11.9 Å². The predicted octanol–water partition coefficient (Wildman–Crippen LogP) is 4.43. The van der Waals surface area contributed by atoms with Crippen LogP contribution < -0.4 is 5.32 Å². The molecule has 0 saturated carbocycles. The molecule has 1 amide bonds. The van der Waals surface area contributed by atoms with Crippen molar-refractivity contribution in [3.8, 4) is 10.4 Å². The summed E-state index contributed by atoms with van der Waals surface area (Å²) in [6.07, 6.45) is 0. The van der Waals surface area contributed by atoms with Crippen molar-refractivity contribution in [3.05, 3.63) is 45.9 Å². The van der Waals surface area contributed by atoms with Crippen molar-refractivity contribution in [2.24, 2.45) is 0 Å². The van der Waals surface area contributed by atoms with E-state index in [1.54, 1.807) is 17.7 Å². The number of carbonyl (C=O) groups is 2. The number of amides is 1. The zero-order valence-corrected chi connectivity index (χ0v) is 16.4. The largest absolute Gasteiger partial charge is 0.462 e. The van der Waals surface area contributed by atoms with Crippen LogP contribution >= 0.6 is 22.7 Å². The third kappa shape index (κ3) is 3.56. The molecule has 3 rings (SSSR count). The normalized spacial score (nSPS) is 10.7. The summed E-state index contributed by atoms with van der Waals surface area (Å²) in [5.74, 6) is -0.731. The quantitative estimate of drug-likeness (QED) is 0.633. The Labute approximate surface area is 159 Å². The second kappa shape index (κ2) is 7.84. The summed E-state index contributed by atoms with van der Waals surface area (Å²) in [6.45, 7) is 6.39. The molecule has 0 saturated heterocycles. The van der Waals surface area contributed by atoms with E-state index in [9.17, 15) is 9.59 Å². The fourth-order valence-electron chi connectivity index (χ4n) is 2.61. The molecule has 1 N–H and O–H groups in total.